The lowest BCUT2D eigenvalue weighted by atomic mass is 9.89. The van der Waals surface area contributed by atoms with E-state index in [1.54, 1.807) is 15.9 Å². The fourth-order valence-electron chi connectivity index (χ4n) is 4.56. The lowest BCUT2D eigenvalue weighted by Crippen LogP contribution is -2.43. The second kappa shape index (κ2) is 7.92. The van der Waals surface area contributed by atoms with E-state index >= 15 is 0 Å². The van der Waals surface area contributed by atoms with Gasteiger partial charge in [-0.3, -0.25) is 9.25 Å². The molecule has 0 bridgehead atoms. The van der Waals surface area contributed by atoms with Crippen molar-refractivity contribution in [3.63, 3.8) is 0 Å². The van der Waals surface area contributed by atoms with E-state index in [1.165, 1.54) is 0 Å². The van der Waals surface area contributed by atoms with Gasteiger partial charge in [-0.15, -0.1) is 16.4 Å². The Kier molecular flexibility index (Phi) is 4.96. The highest BCUT2D eigenvalue weighted by Gasteiger charge is 2.34. The number of thiazole rings is 1. The van der Waals surface area contributed by atoms with Crippen LogP contribution in [0.5, 0.6) is 5.75 Å². The zero-order valence-electron chi connectivity index (χ0n) is 19.4. The number of nitrogens with one attached hydrogen (secondary N) is 1. The predicted molar refractivity (Wildman–Crippen MR) is 129 cm³/mol. The van der Waals surface area contributed by atoms with Crippen LogP contribution in [0.3, 0.4) is 0 Å². The molecule has 10 heteroatoms. The Hall–Kier alpha value is -3.24. The van der Waals surface area contributed by atoms with E-state index in [2.05, 4.69) is 46.6 Å². The second-order valence-electron chi connectivity index (χ2n) is 9.65. The molecule has 2 aliphatic heterocycles. The van der Waals surface area contributed by atoms with Crippen LogP contribution in [0, 0.1) is 5.41 Å². The Balaban J connectivity index is 1.34. The summed E-state index contributed by atoms with van der Waals surface area (Å²) >= 11 is 1.57. The van der Waals surface area contributed by atoms with E-state index in [1.807, 2.05) is 24.7 Å². The first-order valence-electron chi connectivity index (χ1n) is 11.4. The molecule has 176 valence electrons. The highest BCUT2D eigenvalue weighted by Crippen LogP contribution is 2.41. The summed E-state index contributed by atoms with van der Waals surface area (Å²) in [5.74, 6) is 1.39. The lowest BCUT2D eigenvalue weighted by molar-refractivity contribution is -0.111. The molecule has 0 spiro atoms. The highest BCUT2D eigenvalue weighted by atomic mass is 32.1. The molecule has 34 heavy (non-hydrogen) atoms. The SMILES string of the molecule is CC(C)n1c(-c2nc3c(s2)CCOc2cc(-c4cnn(CC5(C)COC5)c4)ccc2-3)n[nH]c1=O. The molecule has 5 heterocycles. The van der Waals surface area contributed by atoms with Crippen molar-refractivity contribution in [2.75, 3.05) is 19.8 Å². The molecule has 0 amide bonds. The number of nitrogens with zero attached hydrogens (tertiary/aromatic N) is 5. The molecule has 1 fully saturated rings. The van der Waals surface area contributed by atoms with Gasteiger partial charge in [-0.1, -0.05) is 13.0 Å². The van der Waals surface area contributed by atoms with E-state index in [0.717, 1.165) is 64.2 Å². The number of hydrogen-bond acceptors (Lipinski definition) is 7. The largest absolute Gasteiger partial charge is 0.492 e. The number of rotatable bonds is 5. The monoisotopic (exact) mass is 478 g/mol. The van der Waals surface area contributed by atoms with Gasteiger partial charge in [-0.2, -0.15) is 5.10 Å². The van der Waals surface area contributed by atoms with E-state index < -0.39 is 0 Å². The van der Waals surface area contributed by atoms with Gasteiger partial charge >= 0.3 is 5.69 Å². The third-order valence-electron chi connectivity index (χ3n) is 6.34. The smallest absolute Gasteiger partial charge is 0.343 e. The van der Waals surface area contributed by atoms with E-state index in [-0.39, 0.29) is 17.1 Å². The van der Waals surface area contributed by atoms with Crippen molar-refractivity contribution in [2.45, 2.75) is 39.8 Å². The highest BCUT2D eigenvalue weighted by molar-refractivity contribution is 7.15. The minimum Gasteiger partial charge on any atom is -0.492 e. The van der Waals surface area contributed by atoms with E-state index in [4.69, 9.17) is 14.5 Å². The first-order chi connectivity index (χ1) is 16.4. The average molecular weight is 479 g/mol. The molecule has 9 nitrogen and oxygen atoms in total. The van der Waals surface area contributed by atoms with Crippen LogP contribution in [-0.2, 0) is 17.7 Å². The first kappa shape index (κ1) is 21.3. The summed E-state index contributed by atoms with van der Waals surface area (Å²) in [6.45, 7) is 9.11. The second-order valence-corrected chi connectivity index (χ2v) is 10.7. The molecule has 6 rings (SSSR count). The van der Waals surface area contributed by atoms with Crippen LogP contribution in [0.15, 0.2) is 35.4 Å². The summed E-state index contributed by atoms with van der Waals surface area (Å²) in [5.41, 5.74) is 3.91. The lowest BCUT2D eigenvalue weighted by Gasteiger charge is -2.37. The van der Waals surface area contributed by atoms with E-state index in [9.17, 15) is 4.79 Å². The van der Waals surface area contributed by atoms with Gasteiger partial charge in [0, 0.05) is 40.1 Å². The molecule has 4 aromatic rings. The summed E-state index contributed by atoms with van der Waals surface area (Å²) in [6, 6.07) is 6.21. The maximum Gasteiger partial charge on any atom is 0.343 e. The molecule has 1 N–H and O–H groups in total. The molecule has 1 aromatic carbocycles. The standard InChI is InChI=1S/C24H26N6O3S/c1-14(2)30-21(27-28-23(30)31)22-26-20-17-5-4-15(8-18(17)33-7-6-19(20)34-22)16-9-25-29(10-16)11-24(3)12-32-13-24/h4-5,8-10,14H,6-7,11-13H2,1-3H3,(H,28,31). The molecular formula is C24H26N6O3S. The number of benzene rings is 1. The van der Waals surface area contributed by atoms with Crippen molar-refractivity contribution in [2.24, 2.45) is 5.41 Å². The summed E-state index contributed by atoms with van der Waals surface area (Å²) in [5, 5.41) is 12.1. The van der Waals surface area contributed by atoms with Gasteiger partial charge in [-0.05, 0) is 31.5 Å². The Bertz CT molecular complexity index is 1420. The Morgan fingerprint density at radius 2 is 2.12 bits per heavy atom. The Labute approximate surface area is 200 Å². The zero-order valence-corrected chi connectivity index (χ0v) is 20.2. The number of aromatic amines is 1. The summed E-state index contributed by atoms with van der Waals surface area (Å²) in [7, 11) is 0. The molecule has 0 aliphatic carbocycles. The van der Waals surface area contributed by atoms with Gasteiger partial charge in [0.15, 0.2) is 10.8 Å². The molecule has 2 aliphatic rings. The van der Waals surface area contributed by atoms with E-state index in [0.29, 0.717) is 12.4 Å². The summed E-state index contributed by atoms with van der Waals surface area (Å²) < 4.78 is 15.1. The van der Waals surface area contributed by atoms with Crippen LogP contribution in [0.4, 0.5) is 0 Å². The zero-order chi connectivity index (χ0) is 23.4. The number of aromatic nitrogens is 6. The van der Waals surface area contributed by atoms with Crippen LogP contribution in [0.2, 0.25) is 0 Å². The van der Waals surface area contributed by atoms with Gasteiger partial charge < -0.3 is 9.47 Å². The fourth-order valence-corrected chi connectivity index (χ4v) is 5.61. The normalized spacial score (nSPS) is 16.5. The molecule has 3 aromatic heterocycles. The maximum atomic E-state index is 12.2. The van der Waals surface area contributed by atoms with Crippen LogP contribution >= 0.6 is 11.3 Å². The third kappa shape index (κ3) is 3.57. The fraction of sp³-hybridized carbons (Fsp3) is 0.417. The molecule has 0 unspecified atom stereocenters. The van der Waals surface area contributed by atoms with Crippen molar-refractivity contribution < 1.29 is 9.47 Å². The number of H-pyrrole nitrogens is 1. The third-order valence-corrected chi connectivity index (χ3v) is 7.46. The van der Waals surface area contributed by atoms with Gasteiger partial charge in [-0.25, -0.2) is 14.9 Å². The molecule has 0 radical (unpaired) electrons. The molecule has 0 atom stereocenters. The molecule has 1 saturated heterocycles. The minimum atomic E-state index is -0.219. The summed E-state index contributed by atoms with van der Waals surface area (Å²) in [4.78, 5) is 18.3. The minimum absolute atomic E-state index is 0.0107. The van der Waals surface area contributed by atoms with Gasteiger partial charge in [0.25, 0.3) is 0 Å². The quantitative estimate of drug-likeness (QED) is 0.469. The number of ether oxygens (including phenoxy) is 2. The Morgan fingerprint density at radius 1 is 1.26 bits per heavy atom. The van der Waals surface area contributed by atoms with Crippen molar-refractivity contribution >= 4 is 11.3 Å². The van der Waals surface area contributed by atoms with Gasteiger partial charge in [0.1, 0.15) is 5.75 Å². The van der Waals surface area contributed by atoms with Crippen molar-refractivity contribution in [3.8, 4) is 39.0 Å². The number of hydrogen-bond donors (Lipinski definition) is 1. The first-order valence-corrected chi connectivity index (χ1v) is 12.3. The van der Waals surface area contributed by atoms with Gasteiger partial charge in [0.05, 0.1) is 38.3 Å². The van der Waals surface area contributed by atoms with Crippen LogP contribution < -0.4 is 10.4 Å². The Morgan fingerprint density at radius 3 is 2.88 bits per heavy atom. The topological polar surface area (TPSA) is 99.8 Å². The number of fused-ring (bicyclic) bond motifs is 3. The summed E-state index contributed by atoms with van der Waals surface area (Å²) in [6.07, 6.45) is 4.74. The van der Waals surface area contributed by atoms with Crippen LogP contribution in [-0.4, -0.2) is 49.3 Å². The van der Waals surface area contributed by atoms with Crippen molar-refractivity contribution in [3.05, 3.63) is 46.0 Å². The predicted octanol–water partition coefficient (Wildman–Crippen LogP) is 3.78. The average Bonchev–Trinajstić information content (AvgIpc) is 3.49. The molecule has 0 saturated carbocycles. The van der Waals surface area contributed by atoms with Crippen LogP contribution in [0.25, 0.3) is 33.2 Å². The van der Waals surface area contributed by atoms with Gasteiger partial charge in [0.2, 0.25) is 0 Å². The van der Waals surface area contributed by atoms with Crippen molar-refractivity contribution in [1.82, 2.24) is 29.5 Å². The van der Waals surface area contributed by atoms with Crippen molar-refractivity contribution in [1.29, 1.82) is 0 Å². The maximum absolute atomic E-state index is 12.2. The van der Waals surface area contributed by atoms with Crippen LogP contribution in [0.1, 0.15) is 31.7 Å². The molecular weight excluding hydrogens is 452 g/mol.